The Balaban J connectivity index is 1.85. The van der Waals surface area contributed by atoms with Gasteiger partial charge in [-0.15, -0.1) is 11.3 Å². The molecule has 0 bridgehead atoms. The topological polar surface area (TPSA) is 26.5 Å². The van der Waals surface area contributed by atoms with Crippen LogP contribution in [0.3, 0.4) is 0 Å². The molecule has 102 valence electrons. The van der Waals surface area contributed by atoms with E-state index in [0.717, 1.165) is 22.9 Å². The van der Waals surface area contributed by atoms with Crippen molar-refractivity contribution >= 4 is 34.0 Å². The average molecular weight is 303 g/mol. The van der Waals surface area contributed by atoms with Crippen LogP contribution in [0.2, 0.25) is 0 Å². The number of nitrogens with zero attached hydrogens (tertiary/aromatic N) is 2. The predicted molar refractivity (Wildman–Crippen MR) is 84.6 cm³/mol. The van der Waals surface area contributed by atoms with E-state index < -0.39 is 5.72 Å². The van der Waals surface area contributed by atoms with Gasteiger partial charge in [0.2, 0.25) is 0 Å². The Morgan fingerprint density at radius 1 is 1.15 bits per heavy atom. The lowest BCUT2D eigenvalue weighted by Crippen LogP contribution is -2.46. The number of rotatable bonds is 2. The Bertz CT molecular complexity index is 654. The molecule has 20 heavy (non-hydrogen) atoms. The summed E-state index contributed by atoms with van der Waals surface area (Å²) in [5.74, 6) is 1.10. The van der Waals surface area contributed by atoms with Crippen LogP contribution < -0.4 is 4.90 Å². The molecule has 0 aliphatic carbocycles. The highest BCUT2D eigenvalue weighted by Crippen LogP contribution is 2.41. The molecule has 0 radical (unpaired) electrons. The molecule has 2 aliphatic heterocycles. The molecule has 0 spiro atoms. The van der Waals surface area contributed by atoms with E-state index in [1.54, 1.807) is 11.3 Å². The van der Waals surface area contributed by atoms with Crippen molar-refractivity contribution in [1.29, 1.82) is 0 Å². The Morgan fingerprint density at radius 3 is 2.75 bits per heavy atom. The fourth-order valence-electron chi connectivity index (χ4n) is 2.88. The normalized spacial score (nSPS) is 25.4. The second-order valence-corrected chi connectivity index (χ2v) is 7.03. The van der Waals surface area contributed by atoms with Gasteiger partial charge in [0.05, 0.1) is 11.4 Å². The zero-order valence-corrected chi connectivity index (χ0v) is 12.5. The van der Waals surface area contributed by atoms with Gasteiger partial charge in [0.15, 0.2) is 6.54 Å². The minimum Gasteiger partial charge on any atom is -0.345 e. The summed E-state index contributed by atoms with van der Waals surface area (Å²) in [7, 11) is 0. The molecule has 2 aliphatic rings. The fourth-order valence-corrected chi connectivity index (χ4v) is 4.90. The number of thioether (sulfide) groups is 1. The van der Waals surface area contributed by atoms with Crippen molar-refractivity contribution in [3.8, 4) is 0 Å². The van der Waals surface area contributed by atoms with Crippen LogP contribution in [-0.2, 0) is 5.72 Å². The molecule has 1 aromatic carbocycles. The summed E-state index contributed by atoms with van der Waals surface area (Å²) < 4.78 is 2.29. The Labute approximate surface area is 126 Å². The molecule has 1 atom stereocenters. The molecular formula is C15H15N2OS2+. The number of para-hydroxylation sites is 1. The van der Waals surface area contributed by atoms with Crippen LogP contribution in [0.5, 0.6) is 0 Å². The third-order valence-electron chi connectivity index (χ3n) is 3.77. The van der Waals surface area contributed by atoms with Crippen LogP contribution in [0.4, 0.5) is 5.69 Å². The summed E-state index contributed by atoms with van der Waals surface area (Å²) in [4.78, 5) is 3.10. The second kappa shape index (κ2) is 4.62. The van der Waals surface area contributed by atoms with Gasteiger partial charge in [-0.2, -0.15) is 4.90 Å². The molecule has 5 heteroatoms. The van der Waals surface area contributed by atoms with Gasteiger partial charge >= 0.3 is 5.17 Å². The Hall–Kier alpha value is -1.30. The molecule has 0 unspecified atom stereocenters. The molecular weight excluding hydrogens is 288 g/mol. The van der Waals surface area contributed by atoms with E-state index in [-0.39, 0.29) is 0 Å². The molecule has 1 N–H and O–H groups in total. The van der Waals surface area contributed by atoms with E-state index >= 15 is 0 Å². The summed E-state index contributed by atoms with van der Waals surface area (Å²) >= 11 is 3.44. The van der Waals surface area contributed by atoms with Gasteiger partial charge in [0.1, 0.15) is 5.69 Å². The lowest BCUT2D eigenvalue weighted by atomic mass is 10.1. The summed E-state index contributed by atoms with van der Waals surface area (Å²) in [5, 5.41) is 14.5. The largest absolute Gasteiger partial charge is 0.345 e. The van der Waals surface area contributed by atoms with E-state index in [9.17, 15) is 5.11 Å². The van der Waals surface area contributed by atoms with Crippen molar-refractivity contribution in [1.82, 2.24) is 0 Å². The van der Waals surface area contributed by atoms with E-state index in [0.29, 0.717) is 6.54 Å². The predicted octanol–water partition coefficient (Wildman–Crippen LogP) is 2.53. The first kappa shape index (κ1) is 12.4. The smallest absolute Gasteiger partial charge is 0.316 e. The third-order valence-corrected chi connectivity index (χ3v) is 5.86. The van der Waals surface area contributed by atoms with Gasteiger partial charge < -0.3 is 5.11 Å². The molecule has 2 aromatic rings. The van der Waals surface area contributed by atoms with Crippen LogP contribution in [0.15, 0.2) is 47.8 Å². The van der Waals surface area contributed by atoms with Gasteiger partial charge in [-0.05, 0) is 35.3 Å². The number of hydrogen-bond acceptors (Lipinski definition) is 4. The van der Waals surface area contributed by atoms with Crippen molar-refractivity contribution in [2.45, 2.75) is 5.72 Å². The fraction of sp³-hybridized carbons (Fsp3) is 0.267. The first-order valence-electron chi connectivity index (χ1n) is 6.65. The SMILES string of the molecule is O[C@@]1(c2cccs2)C[N+]2=C(SCC2)N1c1ccccc1. The second-order valence-electron chi connectivity index (χ2n) is 5.02. The average Bonchev–Trinajstić information content (AvgIpc) is 3.14. The van der Waals surface area contributed by atoms with Gasteiger partial charge in [-0.3, -0.25) is 0 Å². The third kappa shape index (κ3) is 1.74. The van der Waals surface area contributed by atoms with E-state index in [4.69, 9.17) is 0 Å². The van der Waals surface area contributed by atoms with Crippen LogP contribution in [-0.4, -0.2) is 33.7 Å². The minimum absolute atomic E-state index is 0.644. The zero-order valence-electron chi connectivity index (χ0n) is 10.9. The van der Waals surface area contributed by atoms with Crippen LogP contribution in [0.1, 0.15) is 4.88 Å². The monoisotopic (exact) mass is 303 g/mol. The number of hydrogen-bond donors (Lipinski definition) is 1. The maximum Gasteiger partial charge on any atom is 0.316 e. The first-order valence-corrected chi connectivity index (χ1v) is 8.52. The molecule has 3 heterocycles. The minimum atomic E-state index is -0.946. The number of amidine groups is 1. The first-order chi connectivity index (χ1) is 9.79. The standard InChI is InChI=1S/C15H15N2OS2/c18-15(13-7-4-9-19-13)11-16-8-10-20-14(16)17(15)12-5-2-1-3-6-12/h1-7,9,18H,8,10-11H2/q+1/t15-/m1/s1. The highest BCUT2D eigenvalue weighted by atomic mass is 32.2. The number of benzene rings is 1. The molecule has 0 fully saturated rings. The number of aliphatic hydroxyl groups is 1. The van der Waals surface area contributed by atoms with Gasteiger partial charge in [0, 0.05) is 5.75 Å². The van der Waals surface area contributed by atoms with Crippen molar-refractivity contribution in [2.24, 2.45) is 0 Å². The molecule has 1 aromatic heterocycles. The summed E-state index contributed by atoms with van der Waals surface area (Å²) in [5.41, 5.74) is 0.105. The molecule has 3 nitrogen and oxygen atoms in total. The van der Waals surface area contributed by atoms with E-state index in [1.165, 1.54) is 5.17 Å². The summed E-state index contributed by atoms with van der Waals surface area (Å²) in [6.45, 7) is 1.65. The molecule has 0 saturated carbocycles. The van der Waals surface area contributed by atoms with Gasteiger partial charge in [-0.1, -0.05) is 24.3 Å². The number of thiophene rings is 1. The van der Waals surface area contributed by atoms with Crippen LogP contribution >= 0.6 is 23.1 Å². The highest BCUT2D eigenvalue weighted by Gasteiger charge is 2.56. The molecule has 0 saturated heterocycles. The van der Waals surface area contributed by atoms with Crippen molar-refractivity contribution < 1.29 is 9.68 Å². The Kier molecular flexibility index (Phi) is 2.87. The van der Waals surface area contributed by atoms with E-state index in [1.807, 2.05) is 47.5 Å². The quantitative estimate of drug-likeness (QED) is 0.864. The lowest BCUT2D eigenvalue weighted by molar-refractivity contribution is -0.524. The van der Waals surface area contributed by atoms with Crippen LogP contribution in [0.25, 0.3) is 0 Å². The molecule has 0 amide bonds. The Morgan fingerprint density at radius 2 is 2.00 bits per heavy atom. The maximum atomic E-state index is 11.3. The van der Waals surface area contributed by atoms with Crippen molar-refractivity contribution in [3.63, 3.8) is 0 Å². The van der Waals surface area contributed by atoms with Crippen molar-refractivity contribution in [2.75, 3.05) is 23.7 Å². The van der Waals surface area contributed by atoms with Gasteiger partial charge in [-0.25, -0.2) is 4.58 Å². The van der Waals surface area contributed by atoms with Crippen molar-refractivity contribution in [3.05, 3.63) is 52.7 Å². The maximum absolute atomic E-state index is 11.3. The zero-order chi connectivity index (χ0) is 13.6. The van der Waals surface area contributed by atoms with Crippen LogP contribution in [0, 0.1) is 0 Å². The summed E-state index contributed by atoms with van der Waals surface area (Å²) in [6, 6.07) is 14.2. The highest BCUT2D eigenvalue weighted by molar-refractivity contribution is 8.14. The summed E-state index contributed by atoms with van der Waals surface area (Å²) in [6.07, 6.45) is 0. The van der Waals surface area contributed by atoms with E-state index in [2.05, 4.69) is 21.6 Å². The number of anilines is 1. The lowest BCUT2D eigenvalue weighted by Gasteiger charge is -2.27. The van der Waals surface area contributed by atoms with Gasteiger partial charge in [0.25, 0.3) is 5.72 Å². The molecule has 4 rings (SSSR count).